The van der Waals surface area contributed by atoms with Crippen LogP contribution < -0.4 is 0 Å². The summed E-state index contributed by atoms with van der Waals surface area (Å²) in [5.41, 5.74) is 3.09. The molecule has 1 aliphatic rings. The number of carbonyl (C=O) groups excluding carboxylic acids is 1. The molecule has 4 nitrogen and oxygen atoms in total. The maximum atomic E-state index is 12.8. The Morgan fingerprint density at radius 3 is 2.32 bits per heavy atom. The van der Waals surface area contributed by atoms with Gasteiger partial charge in [0, 0.05) is 13.2 Å². The molecule has 166 valence electrons. The Balaban J connectivity index is 1.48. The molecule has 0 saturated heterocycles. The molecular formula is C27H35NO3. The van der Waals surface area contributed by atoms with E-state index in [2.05, 4.69) is 30.3 Å². The standard InChI is InChI=1S/C27H35NO3/c1-27(2,3)31-26(29)28-20-24(23-15-9-5-10-16-23)19-25(28)17-11-6-12-18-30-21-22-13-7-4-8-14-22/h4-5,7-10,13-16,19,25H,6,11-12,17-18,20-21H2,1-3H3. The number of carbonyl (C=O) groups is 1. The molecule has 1 unspecified atom stereocenters. The molecule has 0 aromatic heterocycles. The highest BCUT2D eigenvalue weighted by atomic mass is 16.6. The molecule has 2 aromatic carbocycles. The van der Waals surface area contributed by atoms with Crippen LogP contribution in [0.5, 0.6) is 0 Å². The molecule has 0 radical (unpaired) electrons. The summed E-state index contributed by atoms with van der Waals surface area (Å²) < 4.78 is 11.5. The van der Waals surface area contributed by atoms with Gasteiger partial charge in [0.25, 0.3) is 0 Å². The predicted octanol–water partition coefficient (Wildman–Crippen LogP) is 6.47. The van der Waals surface area contributed by atoms with Crippen LogP contribution in [0.4, 0.5) is 4.79 Å². The second kappa shape index (κ2) is 11.1. The highest BCUT2D eigenvalue weighted by Crippen LogP contribution is 2.29. The van der Waals surface area contributed by atoms with Crippen LogP contribution >= 0.6 is 0 Å². The Bertz CT molecular complexity index is 840. The quantitative estimate of drug-likeness (QED) is 0.436. The van der Waals surface area contributed by atoms with Crippen LogP contribution in [-0.2, 0) is 16.1 Å². The Labute approximate surface area is 186 Å². The molecule has 1 aliphatic heterocycles. The fourth-order valence-corrected chi connectivity index (χ4v) is 3.77. The number of amides is 1. The van der Waals surface area contributed by atoms with Crippen molar-refractivity contribution in [2.75, 3.05) is 13.2 Å². The van der Waals surface area contributed by atoms with Gasteiger partial charge in [-0.05, 0) is 50.3 Å². The van der Waals surface area contributed by atoms with E-state index < -0.39 is 5.60 Å². The average Bonchev–Trinajstić information content (AvgIpc) is 3.18. The minimum Gasteiger partial charge on any atom is -0.444 e. The summed E-state index contributed by atoms with van der Waals surface area (Å²) in [6.07, 6.45) is 6.12. The largest absolute Gasteiger partial charge is 0.444 e. The predicted molar refractivity (Wildman–Crippen MR) is 126 cm³/mol. The lowest BCUT2D eigenvalue weighted by Gasteiger charge is -2.28. The number of hydrogen-bond donors (Lipinski definition) is 0. The van der Waals surface area contributed by atoms with Gasteiger partial charge in [-0.1, -0.05) is 79.6 Å². The van der Waals surface area contributed by atoms with Gasteiger partial charge < -0.3 is 9.47 Å². The third kappa shape index (κ3) is 7.55. The fraction of sp³-hybridized carbons (Fsp3) is 0.444. The van der Waals surface area contributed by atoms with Crippen molar-refractivity contribution in [2.24, 2.45) is 0 Å². The first-order chi connectivity index (χ1) is 14.9. The molecule has 0 N–H and O–H groups in total. The van der Waals surface area contributed by atoms with E-state index in [-0.39, 0.29) is 12.1 Å². The topological polar surface area (TPSA) is 38.8 Å². The minimum absolute atomic E-state index is 0.0790. The van der Waals surface area contributed by atoms with Crippen molar-refractivity contribution in [1.82, 2.24) is 4.90 Å². The van der Waals surface area contributed by atoms with Gasteiger partial charge in [-0.2, -0.15) is 0 Å². The molecule has 3 rings (SSSR count). The van der Waals surface area contributed by atoms with Crippen LogP contribution in [0.3, 0.4) is 0 Å². The summed E-state index contributed by atoms with van der Waals surface area (Å²) in [5.74, 6) is 0. The second-order valence-electron chi connectivity index (χ2n) is 9.12. The number of benzene rings is 2. The van der Waals surface area contributed by atoms with Crippen LogP contribution in [0, 0.1) is 0 Å². The zero-order valence-electron chi connectivity index (χ0n) is 19.0. The van der Waals surface area contributed by atoms with E-state index in [0.717, 1.165) is 32.3 Å². The van der Waals surface area contributed by atoms with Gasteiger partial charge in [0.2, 0.25) is 0 Å². The molecule has 1 atom stereocenters. The van der Waals surface area contributed by atoms with Crippen molar-refractivity contribution in [3.05, 3.63) is 77.9 Å². The first-order valence-corrected chi connectivity index (χ1v) is 11.3. The summed E-state index contributed by atoms with van der Waals surface area (Å²) in [5, 5.41) is 0. The molecule has 0 fully saturated rings. The number of rotatable bonds is 9. The first kappa shape index (κ1) is 23.1. The van der Waals surface area contributed by atoms with E-state index in [0.29, 0.717) is 13.2 Å². The third-order valence-corrected chi connectivity index (χ3v) is 5.31. The second-order valence-corrected chi connectivity index (χ2v) is 9.12. The lowest BCUT2D eigenvalue weighted by atomic mass is 10.0. The number of unbranched alkanes of at least 4 members (excludes halogenated alkanes) is 2. The van der Waals surface area contributed by atoms with Gasteiger partial charge in [-0.15, -0.1) is 0 Å². The van der Waals surface area contributed by atoms with Gasteiger partial charge in [-0.3, -0.25) is 4.90 Å². The van der Waals surface area contributed by atoms with Crippen LogP contribution in [0.25, 0.3) is 5.57 Å². The molecule has 0 saturated carbocycles. The molecule has 31 heavy (non-hydrogen) atoms. The molecule has 0 aliphatic carbocycles. The van der Waals surface area contributed by atoms with E-state index in [1.807, 2.05) is 62.1 Å². The van der Waals surface area contributed by atoms with Crippen molar-refractivity contribution >= 4 is 11.7 Å². The zero-order valence-corrected chi connectivity index (χ0v) is 19.0. The lowest BCUT2D eigenvalue weighted by Crippen LogP contribution is -2.40. The summed E-state index contributed by atoms with van der Waals surface area (Å²) >= 11 is 0. The summed E-state index contributed by atoms with van der Waals surface area (Å²) in [6.45, 7) is 7.77. The number of nitrogens with zero attached hydrogens (tertiary/aromatic N) is 1. The van der Waals surface area contributed by atoms with Crippen LogP contribution in [0.1, 0.15) is 57.6 Å². The summed E-state index contributed by atoms with van der Waals surface area (Å²) in [4.78, 5) is 14.7. The van der Waals surface area contributed by atoms with E-state index in [4.69, 9.17) is 9.47 Å². The monoisotopic (exact) mass is 421 g/mol. The van der Waals surface area contributed by atoms with Gasteiger partial charge in [-0.25, -0.2) is 4.79 Å². The van der Waals surface area contributed by atoms with Crippen LogP contribution in [0.2, 0.25) is 0 Å². The van der Waals surface area contributed by atoms with Gasteiger partial charge >= 0.3 is 6.09 Å². The Morgan fingerprint density at radius 1 is 0.968 bits per heavy atom. The lowest BCUT2D eigenvalue weighted by molar-refractivity contribution is 0.0237. The average molecular weight is 422 g/mol. The Kier molecular flexibility index (Phi) is 8.30. The number of hydrogen-bond acceptors (Lipinski definition) is 3. The van der Waals surface area contributed by atoms with Crippen molar-refractivity contribution in [2.45, 2.75) is 64.7 Å². The van der Waals surface area contributed by atoms with Gasteiger partial charge in [0.15, 0.2) is 0 Å². The van der Waals surface area contributed by atoms with E-state index in [1.165, 1.54) is 16.7 Å². The maximum Gasteiger partial charge on any atom is 0.411 e. The van der Waals surface area contributed by atoms with Crippen molar-refractivity contribution < 1.29 is 14.3 Å². The molecule has 4 heteroatoms. The maximum absolute atomic E-state index is 12.8. The van der Waals surface area contributed by atoms with Crippen molar-refractivity contribution in [1.29, 1.82) is 0 Å². The van der Waals surface area contributed by atoms with Gasteiger partial charge in [0.1, 0.15) is 5.60 Å². The highest BCUT2D eigenvalue weighted by Gasteiger charge is 2.32. The van der Waals surface area contributed by atoms with Crippen LogP contribution in [-0.4, -0.2) is 35.8 Å². The molecule has 0 spiro atoms. The normalized spacial score (nSPS) is 16.3. The number of ether oxygens (including phenoxy) is 2. The van der Waals surface area contributed by atoms with Crippen molar-refractivity contribution in [3.63, 3.8) is 0 Å². The highest BCUT2D eigenvalue weighted by molar-refractivity contribution is 5.78. The van der Waals surface area contributed by atoms with Crippen LogP contribution in [0.15, 0.2) is 66.7 Å². The Hall–Kier alpha value is -2.59. The van der Waals surface area contributed by atoms with E-state index in [1.54, 1.807) is 0 Å². The van der Waals surface area contributed by atoms with E-state index >= 15 is 0 Å². The first-order valence-electron chi connectivity index (χ1n) is 11.3. The van der Waals surface area contributed by atoms with Crippen molar-refractivity contribution in [3.8, 4) is 0 Å². The molecule has 0 bridgehead atoms. The summed E-state index contributed by atoms with van der Waals surface area (Å²) in [7, 11) is 0. The molecule has 1 heterocycles. The molecule has 1 amide bonds. The van der Waals surface area contributed by atoms with Gasteiger partial charge in [0.05, 0.1) is 12.6 Å². The van der Waals surface area contributed by atoms with E-state index in [9.17, 15) is 4.79 Å². The Morgan fingerprint density at radius 2 is 1.65 bits per heavy atom. The summed E-state index contributed by atoms with van der Waals surface area (Å²) in [6, 6.07) is 20.6. The smallest absolute Gasteiger partial charge is 0.411 e. The fourth-order valence-electron chi connectivity index (χ4n) is 3.77. The zero-order chi connectivity index (χ0) is 22.1. The molecular weight excluding hydrogens is 386 g/mol. The SMILES string of the molecule is CC(C)(C)OC(=O)N1CC(c2ccccc2)=CC1CCCCCOCc1ccccc1. The molecule has 2 aromatic rings. The minimum atomic E-state index is -0.493. The third-order valence-electron chi connectivity index (χ3n) is 5.31.